The molecular formula is C18H25NO3. The number of esters is 1. The number of carbonyl (C=O) groups is 2. The van der Waals surface area contributed by atoms with E-state index in [-0.39, 0.29) is 24.0 Å². The van der Waals surface area contributed by atoms with Crippen molar-refractivity contribution in [1.82, 2.24) is 4.90 Å². The Morgan fingerprint density at radius 3 is 2.64 bits per heavy atom. The molecule has 0 aliphatic carbocycles. The van der Waals surface area contributed by atoms with Crippen LogP contribution in [0.15, 0.2) is 30.3 Å². The monoisotopic (exact) mass is 303 g/mol. The molecule has 1 aromatic rings. The van der Waals surface area contributed by atoms with Crippen molar-refractivity contribution in [3.63, 3.8) is 0 Å². The van der Waals surface area contributed by atoms with E-state index in [4.69, 9.17) is 4.74 Å². The molecule has 0 aromatic heterocycles. The lowest BCUT2D eigenvalue weighted by molar-refractivity contribution is -0.153. The van der Waals surface area contributed by atoms with E-state index in [1.165, 1.54) is 0 Å². The van der Waals surface area contributed by atoms with Crippen LogP contribution in [0.2, 0.25) is 0 Å². The minimum atomic E-state index is -0.277. The lowest BCUT2D eigenvalue weighted by Crippen LogP contribution is -2.34. The highest BCUT2D eigenvalue weighted by Crippen LogP contribution is 2.27. The summed E-state index contributed by atoms with van der Waals surface area (Å²) in [5.41, 5.74) is 0.832. The van der Waals surface area contributed by atoms with Gasteiger partial charge in [0.1, 0.15) is 0 Å². The SMILES string of the molecule is CC(C)(CC(=O)OCN1CCCCCC1=O)c1ccccc1. The number of ether oxygens (including phenoxy) is 1. The zero-order chi connectivity index (χ0) is 16.0. The van der Waals surface area contributed by atoms with E-state index in [0.29, 0.717) is 19.4 Å². The average Bonchev–Trinajstić information content (AvgIpc) is 2.70. The summed E-state index contributed by atoms with van der Waals surface area (Å²) in [6.07, 6.45) is 3.85. The van der Waals surface area contributed by atoms with Crippen LogP contribution < -0.4 is 0 Å². The molecule has 0 radical (unpaired) electrons. The van der Waals surface area contributed by atoms with Crippen LogP contribution in [0, 0.1) is 0 Å². The van der Waals surface area contributed by atoms with Gasteiger partial charge in [-0.15, -0.1) is 0 Å². The lowest BCUT2D eigenvalue weighted by Gasteiger charge is -2.25. The van der Waals surface area contributed by atoms with E-state index in [0.717, 1.165) is 24.8 Å². The number of amides is 1. The highest BCUT2D eigenvalue weighted by atomic mass is 16.5. The fraction of sp³-hybridized carbons (Fsp3) is 0.556. The minimum absolute atomic E-state index is 0.0858. The summed E-state index contributed by atoms with van der Waals surface area (Å²) in [6.45, 7) is 4.83. The average molecular weight is 303 g/mol. The number of carbonyl (C=O) groups excluding carboxylic acids is 2. The first-order chi connectivity index (χ1) is 10.5. The molecule has 0 N–H and O–H groups in total. The molecule has 0 unspecified atom stereocenters. The molecule has 22 heavy (non-hydrogen) atoms. The summed E-state index contributed by atoms with van der Waals surface area (Å²) in [7, 11) is 0. The van der Waals surface area contributed by atoms with Crippen molar-refractivity contribution in [2.45, 2.75) is 51.4 Å². The lowest BCUT2D eigenvalue weighted by atomic mass is 9.82. The molecule has 1 heterocycles. The zero-order valence-corrected chi connectivity index (χ0v) is 13.5. The van der Waals surface area contributed by atoms with Crippen molar-refractivity contribution >= 4 is 11.9 Å². The first kappa shape index (κ1) is 16.5. The third-order valence-corrected chi connectivity index (χ3v) is 4.19. The van der Waals surface area contributed by atoms with Crippen molar-refractivity contribution in [2.75, 3.05) is 13.3 Å². The van der Waals surface area contributed by atoms with Crippen LogP contribution >= 0.6 is 0 Å². The van der Waals surface area contributed by atoms with Gasteiger partial charge in [0.2, 0.25) is 5.91 Å². The molecule has 1 aromatic carbocycles. The molecule has 1 aliphatic rings. The Labute approximate surface area is 132 Å². The minimum Gasteiger partial charge on any atom is -0.444 e. The molecule has 0 spiro atoms. The maximum atomic E-state index is 12.1. The van der Waals surface area contributed by atoms with Gasteiger partial charge in [-0.3, -0.25) is 9.59 Å². The number of nitrogens with zero attached hydrogens (tertiary/aromatic N) is 1. The van der Waals surface area contributed by atoms with Crippen LogP contribution in [0.5, 0.6) is 0 Å². The fourth-order valence-corrected chi connectivity index (χ4v) is 2.73. The summed E-state index contributed by atoms with van der Waals surface area (Å²) in [4.78, 5) is 25.6. The third-order valence-electron chi connectivity index (χ3n) is 4.19. The van der Waals surface area contributed by atoms with Crippen LogP contribution in [0.4, 0.5) is 0 Å². The van der Waals surface area contributed by atoms with E-state index >= 15 is 0 Å². The van der Waals surface area contributed by atoms with Crippen molar-refractivity contribution < 1.29 is 14.3 Å². The number of likely N-dealkylation sites (tertiary alicyclic amines) is 1. The van der Waals surface area contributed by atoms with Crippen molar-refractivity contribution in [2.24, 2.45) is 0 Å². The van der Waals surface area contributed by atoms with Gasteiger partial charge in [0.05, 0.1) is 6.42 Å². The van der Waals surface area contributed by atoms with Crippen LogP contribution in [0.25, 0.3) is 0 Å². The molecular weight excluding hydrogens is 278 g/mol. The molecule has 0 bridgehead atoms. The number of rotatable bonds is 5. The largest absolute Gasteiger partial charge is 0.444 e. The van der Waals surface area contributed by atoms with Gasteiger partial charge in [-0.1, -0.05) is 50.6 Å². The Morgan fingerprint density at radius 2 is 1.91 bits per heavy atom. The standard InChI is InChI=1S/C18H25NO3/c1-18(2,15-9-5-3-6-10-15)13-17(21)22-14-19-12-8-4-7-11-16(19)20/h3,5-6,9-10H,4,7-8,11-14H2,1-2H3. The van der Waals surface area contributed by atoms with E-state index in [1.807, 2.05) is 44.2 Å². The molecule has 120 valence electrons. The first-order valence-electron chi connectivity index (χ1n) is 7.98. The van der Waals surface area contributed by atoms with Crippen LogP contribution in [0.1, 0.15) is 51.5 Å². The Balaban J connectivity index is 1.86. The molecule has 0 saturated carbocycles. The summed E-state index contributed by atoms with van der Waals surface area (Å²) < 4.78 is 5.33. The Hall–Kier alpha value is -1.84. The highest BCUT2D eigenvalue weighted by molar-refractivity contribution is 5.77. The van der Waals surface area contributed by atoms with E-state index in [1.54, 1.807) is 4.90 Å². The van der Waals surface area contributed by atoms with Gasteiger partial charge in [-0.05, 0) is 18.4 Å². The quantitative estimate of drug-likeness (QED) is 0.784. The molecule has 1 amide bonds. The van der Waals surface area contributed by atoms with Crippen molar-refractivity contribution in [1.29, 1.82) is 0 Å². The van der Waals surface area contributed by atoms with Crippen LogP contribution in [-0.4, -0.2) is 30.1 Å². The summed E-state index contributed by atoms with van der Waals surface area (Å²) in [5, 5.41) is 0. The molecule has 1 saturated heterocycles. The third kappa shape index (κ3) is 4.58. The smallest absolute Gasteiger partial charge is 0.308 e. The predicted octanol–water partition coefficient (Wildman–Crippen LogP) is 3.26. The van der Waals surface area contributed by atoms with E-state index in [2.05, 4.69) is 0 Å². The van der Waals surface area contributed by atoms with Gasteiger partial charge < -0.3 is 9.64 Å². The summed E-state index contributed by atoms with van der Waals surface area (Å²) in [6, 6.07) is 9.94. The maximum Gasteiger partial charge on any atom is 0.308 e. The van der Waals surface area contributed by atoms with E-state index < -0.39 is 0 Å². The van der Waals surface area contributed by atoms with Gasteiger partial charge >= 0.3 is 5.97 Å². The van der Waals surface area contributed by atoms with Crippen LogP contribution in [-0.2, 0) is 19.7 Å². The van der Waals surface area contributed by atoms with E-state index in [9.17, 15) is 9.59 Å². The fourth-order valence-electron chi connectivity index (χ4n) is 2.73. The van der Waals surface area contributed by atoms with Crippen LogP contribution in [0.3, 0.4) is 0 Å². The molecule has 0 atom stereocenters. The van der Waals surface area contributed by atoms with Crippen molar-refractivity contribution in [3.05, 3.63) is 35.9 Å². The Morgan fingerprint density at radius 1 is 1.18 bits per heavy atom. The molecule has 1 aliphatic heterocycles. The summed E-state index contributed by atoms with van der Waals surface area (Å²) in [5.74, 6) is -0.168. The second kappa shape index (κ2) is 7.43. The normalized spacial score (nSPS) is 16.3. The highest BCUT2D eigenvalue weighted by Gasteiger charge is 2.26. The summed E-state index contributed by atoms with van der Waals surface area (Å²) >= 11 is 0. The first-order valence-corrected chi connectivity index (χ1v) is 7.98. The maximum absolute atomic E-state index is 12.1. The molecule has 4 nitrogen and oxygen atoms in total. The second-order valence-electron chi connectivity index (χ2n) is 6.54. The number of benzene rings is 1. The topological polar surface area (TPSA) is 46.6 Å². The van der Waals surface area contributed by atoms with Crippen molar-refractivity contribution in [3.8, 4) is 0 Å². The Kier molecular flexibility index (Phi) is 5.58. The molecule has 1 fully saturated rings. The van der Waals surface area contributed by atoms with Gasteiger partial charge in [0, 0.05) is 18.4 Å². The number of hydrogen-bond acceptors (Lipinski definition) is 3. The van der Waals surface area contributed by atoms with Gasteiger partial charge in [-0.2, -0.15) is 0 Å². The van der Waals surface area contributed by atoms with Gasteiger partial charge in [-0.25, -0.2) is 0 Å². The molecule has 2 rings (SSSR count). The predicted molar refractivity (Wildman–Crippen MR) is 85.2 cm³/mol. The van der Waals surface area contributed by atoms with Gasteiger partial charge in [0.15, 0.2) is 6.73 Å². The Bertz CT molecular complexity index is 510. The molecule has 4 heteroatoms. The number of hydrogen-bond donors (Lipinski definition) is 0. The van der Waals surface area contributed by atoms with Gasteiger partial charge in [0.25, 0.3) is 0 Å². The second-order valence-corrected chi connectivity index (χ2v) is 6.54. The zero-order valence-electron chi connectivity index (χ0n) is 13.5.